The lowest BCUT2D eigenvalue weighted by molar-refractivity contribution is -0.0290. The molecule has 0 atom stereocenters. The fourth-order valence-electron chi connectivity index (χ4n) is 4.40. The van der Waals surface area contributed by atoms with Gasteiger partial charge in [0.2, 0.25) is 5.82 Å². The van der Waals surface area contributed by atoms with Crippen LogP contribution in [0.15, 0.2) is 71.3 Å². The van der Waals surface area contributed by atoms with Gasteiger partial charge in [-0.3, -0.25) is 0 Å². The molecule has 0 radical (unpaired) electrons. The van der Waals surface area contributed by atoms with Crippen LogP contribution in [-0.4, -0.2) is 52.1 Å². The Hall–Kier alpha value is -3.82. The summed E-state index contributed by atoms with van der Waals surface area (Å²) in [6.07, 6.45) is 2.45. The molecule has 4 aromatic rings. The van der Waals surface area contributed by atoms with Crippen molar-refractivity contribution in [3.63, 3.8) is 0 Å². The lowest BCUT2D eigenvalue weighted by Crippen LogP contribution is -2.47. The maximum atomic E-state index is 12.1. The van der Waals surface area contributed by atoms with Crippen LogP contribution in [-0.2, 0) is 22.5 Å². The van der Waals surface area contributed by atoms with Crippen LogP contribution < -0.4 is 4.90 Å². The highest BCUT2D eigenvalue weighted by atomic mass is 35.5. The van der Waals surface area contributed by atoms with Crippen molar-refractivity contribution >= 4 is 23.4 Å². The molecule has 3 heterocycles. The van der Waals surface area contributed by atoms with Gasteiger partial charge in [0.1, 0.15) is 0 Å². The Morgan fingerprint density at radius 2 is 1.78 bits per heavy atom. The number of methoxy groups -OCH3 is 1. The number of anilines is 1. The molecule has 1 saturated heterocycles. The molecule has 0 aliphatic carbocycles. The SMILES string of the molecule is COC1(Cc2ccccc2Cl)CCN(c2ccc(-c3nc(COC(=O)c4ccccc4)no3)nn2)CC1. The normalized spacial score (nSPS) is 14.9. The molecule has 37 heavy (non-hydrogen) atoms. The monoisotopic (exact) mass is 519 g/mol. The Morgan fingerprint density at radius 3 is 2.49 bits per heavy atom. The zero-order valence-corrected chi connectivity index (χ0v) is 21.1. The van der Waals surface area contributed by atoms with Gasteiger partial charge in [0, 0.05) is 31.6 Å². The van der Waals surface area contributed by atoms with E-state index < -0.39 is 5.97 Å². The van der Waals surface area contributed by atoms with E-state index in [1.807, 2.05) is 30.3 Å². The van der Waals surface area contributed by atoms with E-state index in [0.29, 0.717) is 11.3 Å². The lowest BCUT2D eigenvalue weighted by Gasteiger charge is -2.41. The second-order valence-corrected chi connectivity index (χ2v) is 9.28. The minimum Gasteiger partial charge on any atom is -0.454 e. The summed E-state index contributed by atoms with van der Waals surface area (Å²) >= 11 is 6.39. The van der Waals surface area contributed by atoms with Gasteiger partial charge in [0.05, 0.1) is 11.2 Å². The molecule has 0 saturated carbocycles. The van der Waals surface area contributed by atoms with E-state index in [9.17, 15) is 4.79 Å². The van der Waals surface area contributed by atoms with E-state index in [2.05, 4.69) is 31.3 Å². The van der Waals surface area contributed by atoms with E-state index in [4.69, 9.17) is 25.6 Å². The van der Waals surface area contributed by atoms with Crippen LogP contribution in [0.25, 0.3) is 11.6 Å². The highest BCUT2D eigenvalue weighted by molar-refractivity contribution is 6.31. The molecule has 2 aromatic carbocycles. The summed E-state index contributed by atoms with van der Waals surface area (Å²) in [7, 11) is 1.77. The number of nitrogens with zero attached hydrogens (tertiary/aromatic N) is 5. The van der Waals surface area contributed by atoms with Crippen molar-refractivity contribution < 1.29 is 18.8 Å². The van der Waals surface area contributed by atoms with Gasteiger partial charge in [0.25, 0.3) is 5.89 Å². The quantitative estimate of drug-likeness (QED) is 0.304. The van der Waals surface area contributed by atoms with Gasteiger partial charge in [-0.1, -0.05) is 53.2 Å². The average molecular weight is 520 g/mol. The van der Waals surface area contributed by atoms with Crippen molar-refractivity contribution in [3.05, 3.63) is 88.7 Å². The number of esters is 1. The molecule has 2 aromatic heterocycles. The molecule has 1 fully saturated rings. The first-order chi connectivity index (χ1) is 18.0. The number of piperidine rings is 1. The third kappa shape index (κ3) is 5.79. The van der Waals surface area contributed by atoms with Crippen molar-refractivity contribution in [3.8, 4) is 11.6 Å². The molecule has 0 N–H and O–H groups in total. The van der Waals surface area contributed by atoms with Crippen LogP contribution in [0.1, 0.15) is 34.6 Å². The zero-order chi connectivity index (χ0) is 25.7. The minimum absolute atomic E-state index is 0.105. The summed E-state index contributed by atoms with van der Waals surface area (Å²) in [5.41, 5.74) is 1.73. The Labute approximate surface area is 219 Å². The van der Waals surface area contributed by atoms with Gasteiger partial charge < -0.3 is 18.9 Å². The summed E-state index contributed by atoms with van der Waals surface area (Å²) in [5, 5.41) is 13.3. The van der Waals surface area contributed by atoms with Crippen LogP contribution in [0, 0.1) is 0 Å². The van der Waals surface area contributed by atoms with E-state index in [1.54, 1.807) is 37.4 Å². The smallest absolute Gasteiger partial charge is 0.338 e. The van der Waals surface area contributed by atoms with E-state index >= 15 is 0 Å². The molecule has 0 bridgehead atoms. The van der Waals surface area contributed by atoms with Crippen LogP contribution >= 0.6 is 11.6 Å². The fraction of sp³-hybridized carbons (Fsp3) is 0.296. The molecular formula is C27H26ClN5O4. The van der Waals surface area contributed by atoms with Crippen molar-refractivity contribution in [1.29, 1.82) is 0 Å². The van der Waals surface area contributed by atoms with Crippen molar-refractivity contribution in [1.82, 2.24) is 20.3 Å². The van der Waals surface area contributed by atoms with Gasteiger partial charge in [-0.05, 0) is 48.7 Å². The van der Waals surface area contributed by atoms with Crippen molar-refractivity contribution in [2.24, 2.45) is 0 Å². The van der Waals surface area contributed by atoms with E-state index in [1.165, 1.54) is 0 Å². The highest BCUT2D eigenvalue weighted by Gasteiger charge is 2.35. The van der Waals surface area contributed by atoms with Gasteiger partial charge in [-0.15, -0.1) is 10.2 Å². The number of rotatable bonds is 8. The van der Waals surface area contributed by atoms with Crippen LogP contribution in [0.4, 0.5) is 5.82 Å². The number of carbonyl (C=O) groups excluding carboxylic acids is 1. The largest absolute Gasteiger partial charge is 0.454 e. The highest BCUT2D eigenvalue weighted by Crippen LogP contribution is 2.33. The third-order valence-corrected chi connectivity index (χ3v) is 6.95. The predicted octanol–water partition coefficient (Wildman–Crippen LogP) is 4.77. The number of benzene rings is 2. The van der Waals surface area contributed by atoms with Crippen molar-refractivity contribution in [2.45, 2.75) is 31.5 Å². The molecule has 10 heteroatoms. The molecule has 190 valence electrons. The van der Waals surface area contributed by atoms with Crippen molar-refractivity contribution in [2.75, 3.05) is 25.1 Å². The Morgan fingerprint density at radius 1 is 1.03 bits per heavy atom. The summed E-state index contributed by atoms with van der Waals surface area (Å²) in [6.45, 7) is 1.46. The van der Waals surface area contributed by atoms with E-state index in [0.717, 1.165) is 48.8 Å². The molecule has 1 aliphatic heterocycles. The summed E-state index contributed by atoms with van der Waals surface area (Å²) in [5.74, 6) is 0.766. The average Bonchev–Trinajstić information content (AvgIpc) is 3.43. The lowest BCUT2D eigenvalue weighted by atomic mass is 9.85. The zero-order valence-electron chi connectivity index (χ0n) is 20.3. The molecular weight excluding hydrogens is 494 g/mol. The maximum absolute atomic E-state index is 12.1. The van der Waals surface area contributed by atoms with Crippen LogP contribution in [0.5, 0.6) is 0 Å². The number of hydrogen-bond donors (Lipinski definition) is 0. The Bertz CT molecular complexity index is 1340. The first-order valence-electron chi connectivity index (χ1n) is 12.0. The first-order valence-corrected chi connectivity index (χ1v) is 12.4. The molecule has 1 aliphatic rings. The van der Waals surface area contributed by atoms with Gasteiger partial charge >= 0.3 is 5.97 Å². The van der Waals surface area contributed by atoms with Crippen LogP contribution in [0.2, 0.25) is 5.02 Å². The van der Waals surface area contributed by atoms with E-state index in [-0.39, 0.29) is 23.9 Å². The Kier molecular flexibility index (Phi) is 7.43. The number of halogens is 1. The standard InChI is InChI=1S/C27H26ClN5O4/c1-35-27(17-20-9-5-6-10-21(20)28)13-15-33(16-14-27)24-12-11-22(30-31-24)25-29-23(32-37-25)18-36-26(34)19-7-3-2-4-8-19/h2-12H,13-18H2,1H3. The predicted molar refractivity (Wildman–Crippen MR) is 137 cm³/mol. The molecule has 0 unspecified atom stereocenters. The van der Waals surface area contributed by atoms with Gasteiger partial charge in [-0.25, -0.2) is 4.79 Å². The molecule has 9 nitrogen and oxygen atoms in total. The fourth-order valence-corrected chi connectivity index (χ4v) is 4.60. The van der Waals surface area contributed by atoms with Crippen LogP contribution in [0.3, 0.4) is 0 Å². The number of ether oxygens (including phenoxy) is 2. The Balaban J connectivity index is 1.17. The topological polar surface area (TPSA) is 103 Å². The number of carbonyl (C=O) groups is 1. The summed E-state index contributed by atoms with van der Waals surface area (Å²) in [6, 6.07) is 20.3. The van der Waals surface area contributed by atoms with Gasteiger partial charge in [-0.2, -0.15) is 4.98 Å². The minimum atomic E-state index is -0.456. The summed E-state index contributed by atoms with van der Waals surface area (Å²) in [4.78, 5) is 18.5. The molecule has 5 rings (SSSR count). The van der Waals surface area contributed by atoms with Gasteiger partial charge in [0.15, 0.2) is 18.1 Å². The number of hydrogen-bond acceptors (Lipinski definition) is 9. The first kappa shape index (κ1) is 24.9. The molecule has 0 spiro atoms. The molecule has 0 amide bonds. The summed E-state index contributed by atoms with van der Waals surface area (Å²) < 4.78 is 16.5. The second kappa shape index (κ2) is 11.1. The number of aromatic nitrogens is 4. The maximum Gasteiger partial charge on any atom is 0.338 e. The second-order valence-electron chi connectivity index (χ2n) is 8.88. The third-order valence-electron chi connectivity index (χ3n) is 6.58.